The van der Waals surface area contributed by atoms with E-state index in [0.717, 1.165) is 11.5 Å². The molecule has 0 amide bonds. The van der Waals surface area contributed by atoms with Gasteiger partial charge in [-0.15, -0.1) is 0 Å². The highest BCUT2D eigenvalue weighted by atomic mass is 16.6. The van der Waals surface area contributed by atoms with Gasteiger partial charge in [-0.05, 0) is 12.1 Å². The Bertz CT molecular complexity index is 863. The van der Waals surface area contributed by atoms with E-state index in [1.165, 1.54) is 7.11 Å². The normalized spacial score (nSPS) is 16.5. The molecule has 0 aliphatic carbocycles. The van der Waals surface area contributed by atoms with E-state index in [1.54, 1.807) is 10.9 Å². The first-order valence-electron chi connectivity index (χ1n) is 7.16. The second-order valence-electron chi connectivity index (χ2n) is 5.15. The van der Waals surface area contributed by atoms with Crippen molar-refractivity contribution >= 4 is 17.0 Å². The predicted octanol–water partition coefficient (Wildman–Crippen LogP) is 1.26. The topological polar surface area (TPSA) is 97.3 Å². The van der Waals surface area contributed by atoms with Gasteiger partial charge in [0.1, 0.15) is 12.0 Å². The minimum Gasteiger partial charge on any atom is -0.486 e. The smallest absolute Gasteiger partial charge is 0.229 e. The van der Waals surface area contributed by atoms with Crippen LogP contribution >= 0.6 is 0 Å². The van der Waals surface area contributed by atoms with Crippen LogP contribution in [0.3, 0.4) is 0 Å². The molecule has 0 bridgehead atoms. The van der Waals surface area contributed by atoms with E-state index >= 15 is 0 Å². The molecule has 0 radical (unpaired) electrons. The Morgan fingerprint density at radius 3 is 2.96 bits per heavy atom. The maximum atomic E-state index is 5.95. The molecular formula is C15H15N5O3. The van der Waals surface area contributed by atoms with Gasteiger partial charge in [0.15, 0.2) is 23.3 Å². The summed E-state index contributed by atoms with van der Waals surface area (Å²) in [6.07, 6.45) is 1.49. The van der Waals surface area contributed by atoms with Crippen LogP contribution in [0.1, 0.15) is 0 Å². The summed E-state index contributed by atoms with van der Waals surface area (Å²) < 4.78 is 18.6. The number of fused-ring (bicyclic) bond motifs is 2. The third kappa shape index (κ3) is 2.37. The first-order chi connectivity index (χ1) is 11.2. The molecule has 1 aromatic carbocycles. The molecule has 0 saturated carbocycles. The minimum absolute atomic E-state index is 0.141. The van der Waals surface area contributed by atoms with Gasteiger partial charge in [0.2, 0.25) is 11.8 Å². The molecule has 0 spiro atoms. The first kappa shape index (κ1) is 13.6. The molecule has 8 nitrogen and oxygen atoms in total. The Morgan fingerprint density at radius 2 is 2.13 bits per heavy atom. The number of anilines is 1. The maximum absolute atomic E-state index is 5.95. The number of nitrogen functional groups attached to an aromatic ring is 1. The van der Waals surface area contributed by atoms with E-state index in [2.05, 4.69) is 15.1 Å². The molecule has 2 aromatic heterocycles. The average molecular weight is 313 g/mol. The number of hydrogen-bond acceptors (Lipinski definition) is 7. The molecule has 118 valence electrons. The zero-order valence-electron chi connectivity index (χ0n) is 12.5. The molecule has 2 N–H and O–H groups in total. The lowest BCUT2D eigenvalue weighted by atomic mass is 10.2. The average Bonchev–Trinajstić information content (AvgIpc) is 2.97. The standard InChI is InChI=1S/C15H15N5O3/c1-21-14-10-6-17-20(13(10)18-15(16)19-14)7-9-8-22-11-4-2-3-5-12(11)23-9/h2-6,9H,7-8H2,1H3,(H2,16,18,19). The van der Waals surface area contributed by atoms with E-state index in [4.69, 9.17) is 19.9 Å². The minimum atomic E-state index is -0.171. The Hall–Kier alpha value is -3.03. The molecule has 8 heteroatoms. The summed E-state index contributed by atoms with van der Waals surface area (Å²) in [7, 11) is 1.54. The number of hydrogen-bond donors (Lipinski definition) is 1. The van der Waals surface area contributed by atoms with Crippen LogP contribution in [0.25, 0.3) is 11.0 Å². The van der Waals surface area contributed by atoms with Gasteiger partial charge in [-0.2, -0.15) is 15.1 Å². The van der Waals surface area contributed by atoms with Crippen LogP contribution in [0.15, 0.2) is 30.5 Å². The summed E-state index contributed by atoms with van der Waals surface area (Å²) in [6, 6.07) is 7.59. The van der Waals surface area contributed by atoms with E-state index in [9.17, 15) is 0 Å². The van der Waals surface area contributed by atoms with Crippen molar-refractivity contribution in [3.8, 4) is 17.4 Å². The summed E-state index contributed by atoms with van der Waals surface area (Å²) in [6.45, 7) is 0.924. The lowest BCUT2D eigenvalue weighted by Gasteiger charge is -2.26. The third-order valence-electron chi connectivity index (χ3n) is 3.62. The van der Waals surface area contributed by atoms with Crippen molar-refractivity contribution in [1.82, 2.24) is 19.7 Å². The number of para-hydroxylation sites is 2. The predicted molar refractivity (Wildman–Crippen MR) is 82.6 cm³/mol. The molecule has 3 heterocycles. The second-order valence-corrected chi connectivity index (χ2v) is 5.15. The molecule has 1 atom stereocenters. The number of rotatable bonds is 3. The largest absolute Gasteiger partial charge is 0.486 e. The third-order valence-corrected chi connectivity index (χ3v) is 3.62. The number of benzene rings is 1. The highest BCUT2D eigenvalue weighted by Gasteiger charge is 2.23. The highest BCUT2D eigenvalue weighted by Crippen LogP contribution is 2.31. The number of nitrogens with two attached hydrogens (primary N) is 1. The van der Waals surface area contributed by atoms with Crippen molar-refractivity contribution in [3.05, 3.63) is 30.5 Å². The lowest BCUT2D eigenvalue weighted by molar-refractivity contribution is 0.0767. The molecule has 0 fully saturated rings. The van der Waals surface area contributed by atoms with Gasteiger partial charge in [-0.25, -0.2) is 4.68 Å². The fourth-order valence-electron chi connectivity index (χ4n) is 2.58. The Balaban J connectivity index is 1.63. The molecule has 1 unspecified atom stereocenters. The van der Waals surface area contributed by atoms with Crippen LogP contribution in [0, 0.1) is 0 Å². The molecule has 23 heavy (non-hydrogen) atoms. The van der Waals surface area contributed by atoms with Gasteiger partial charge in [0.05, 0.1) is 19.9 Å². The Labute approximate surface area is 131 Å². The van der Waals surface area contributed by atoms with Gasteiger partial charge in [-0.3, -0.25) is 0 Å². The molecule has 3 aromatic rings. The molecule has 4 rings (SSSR count). The van der Waals surface area contributed by atoms with Crippen molar-refractivity contribution in [2.24, 2.45) is 0 Å². The lowest BCUT2D eigenvalue weighted by Crippen LogP contribution is -2.33. The van der Waals surface area contributed by atoms with Gasteiger partial charge in [-0.1, -0.05) is 12.1 Å². The van der Waals surface area contributed by atoms with Crippen molar-refractivity contribution < 1.29 is 14.2 Å². The molecular weight excluding hydrogens is 298 g/mol. The zero-order valence-corrected chi connectivity index (χ0v) is 12.5. The van der Waals surface area contributed by atoms with Crippen LogP contribution in [-0.2, 0) is 6.54 Å². The van der Waals surface area contributed by atoms with Crippen molar-refractivity contribution in [1.29, 1.82) is 0 Å². The van der Waals surface area contributed by atoms with Crippen LogP contribution in [0.2, 0.25) is 0 Å². The molecule has 1 aliphatic heterocycles. The first-order valence-corrected chi connectivity index (χ1v) is 7.16. The zero-order chi connectivity index (χ0) is 15.8. The van der Waals surface area contributed by atoms with Crippen molar-refractivity contribution in [3.63, 3.8) is 0 Å². The maximum Gasteiger partial charge on any atom is 0.229 e. The van der Waals surface area contributed by atoms with E-state index in [0.29, 0.717) is 30.1 Å². The van der Waals surface area contributed by atoms with Crippen LogP contribution < -0.4 is 19.9 Å². The fourth-order valence-corrected chi connectivity index (χ4v) is 2.58. The second kappa shape index (κ2) is 5.31. The summed E-state index contributed by atoms with van der Waals surface area (Å²) in [5, 5.41) is 5.05. The van der Waals surface area contributed by atoms with Gasteiger partial charge in [0, 0.05) is 0 Å². The number of ether oxygens (including phenoxy) is 3. The molecule has 0 saturated heterocycles. The van der Waals surface area contributed by atoms with Crippen LogP contribution in [0.5, 0.6) is 17.4 Å². The monoisotopic (exact) mass is 313 g/mol. The van der Waals surface area contributed by atoms with Crippen LogP contribution in [-0.4, -0.2) is 39.6 Å². The van der Waals surface area contributed by atoms with Crippen molar-refractivity contribution in [2.45, 2.75) is 12.6 Å². The Kier molecular flexibility index (Phi) is 3.14. The summed E-state index contributed by atoms with van der Waals surface area (Å²) in [5.74, 6) is 2.03. The molecule has 1 aliphatic rings. The van der Waals surface area contributed by atoms with E-state index in [1.807, 2.05) is 24.3 Å². The quantitative estimate of drug-likeness (QED) is 0.777. The highest BCUT2D eigenvalue weighted by molar-refractivity contribution is 5.81. The number of methoxy groups -OCH3 is 1. The van der Waals surface area contributed by atoms with E-state index in [-0.39, 0.29) is 12.1 Å². The Morgan fingerprint density at radius 1 is 1.30 bits per heavy atom. The fraction of sp³-hybridized carbons (Fsp3) is 0.267. The van der Waals surface area contributed by atoms with Gasteiger partial charge in [0.25, 0.3) is 0 Å². The van der Waals surface area contributed by atoms with Crippen LogP contribution in [0.4, 0.5) is 5.95 Å². The summed E-state index contributed by atoms with van der Waals surface area (Å²) in [4.78, 5) is 8.29. The van der Waals surface area contributed by atoms with Gasteiger partial charge >= 0.3 is 0 Å². The SMILES string of the molecule is COc1nc(N)nc2c1cnn2CC1COc2ccccc2O1. The summed E-state index contributed by atoms with van der Waals surface area (Å²) >= 11 is 0. The summed E-state index contributed by atoms with van der Waals surface area (Å²) in [5.41, 5.74) is 6.33. The number of aromatic nitrogens is 4. The van der Waals surface area contributed by atoms with E-state index < -0.39 is 0 Å². The van der Waals surface area contributed by atoms with Gasteiger partial charge < -0.3 is 19.9 Å². The number of nitrogens with zero attached hydrogens (tertiary/aromatic N) is 4. The van der Waals surface area contributed by atoms with Crippen molar-refractivity contribution in [2.75, 3.05) is 19.5 Å².